The van der Waals surface area contributed by atoms with Gasteiger partial charge in [-0.25, -0.2) is 4.79 Å². The Morgan fingerprint density at radius 3 is 2.60 bits per heavy atom. The highest BCUT2D eigenvalue weighted by Gasteiger charge is 2.18. The molecule has 0 saturated carbocycles. The van der Waals surface area contributed by atoms with E-state index in [1.54, 1.807) is 24.9 Å². The Bertz CT molecular complexity index is 379. The lowest BCUT2D eigenvalue weighted by atomic mass is 10.1. The number of halogens is 1. The van der Waals surface area contributed by atoms with E-state index in [9.17, 15) is 4.79 Å². The highest BCUT2D eigenvalue weighted by Crippen LogP contribution is 2.23. The first-order valence-corrected chi connectivity index (χ1v) is 5.03. The Kier molecular flexibility index (Phi) is 3.58. The zero-order chi connectivity index (χ0) is 11.6. The van der Waals surface area contributed by atoms with Crippen molar-refractivity contribution in [3.8, 4) is 0 Å². The summed E-state index contributed by atoms with van der Waals surface area (Å²) in [4.78, 5) is 12.5. The molecule has 1 aromatic carbocycles. The number of aryl methyl sites for hydroxylation is 1. The van der Waals surface area contributed by atoms with Gasteiger partial charge in [0, 0.05) is 17.8 Å². The molecular formula is C11H14ClNO2. The van der Waals surface area contributed by atoms with Gasteiger partial charge < -0.3 is 10.0 Å². The normalized spacial score (nSPS) is 12.3. The first kappa shape index (κ1) is 11.9. The van der Waals surface area contributed by atoms with E-state index in [1.807, 2.05) is 19.1 Å². The Morgan fingerprint density at radius 2 is 2.13 bits per heavy atom. The second-order valence-electron chi connectivity index (χ2n) is 3.56. The second-order valence-corrected chi connectivity index (χ2v) is 3.99. The van der Waals surface area contributed by atoms with Gasteiger partial charge in [0.15, 0.2) is 0 Å². The third-order valence-electron chi connectivity index (χ3n) is 2.48. The third-order valence-corrected chi connectivity index (χ3v) is 2.71. The Morgan fingerprint density at radius 1 is 1.53 bits per heavy atom. The number of nitrogens with zero attached hydrogens (tertiary/aromatic N) is 1. The average molecular weight is 228 g/mol. The Balaban J connectivity index is 3.01. The lowest BCUT2D eigenvalue weighted by Crippen LogP contribution is -2.36. The molecule has 0 bridgehead atoms. The van der Waals surface area contributed by atoms with Gasteiger partial charge in [-0.1, -0.05) is 11.6 Å². The van der Waals surface area contributed by atoms with E-state index in [0.29, 0.717) is 5.02 Å². The molecule has 15 heavy (non-hydrogen) atoms. The van der Waals surface area contributed by atoms with Crippen molar-refractivity contribution in [2.45, 2.75) is 19.9 Å². The van der Waals surface area contributed by atoms with Gasteiger partial charge in [-0.15, -0.1) is 0 Å². The minimum atomic E-state index is -0.841. The number of anilines is 1. The molecule has 1 aromatic rings. The SMILES string of the molecule is Cc1cc(Cl)ccc1N(C)[C@@H](C)C(=O)O. The summed E-state index contributed by atoms with van der Waals surface area (Å²) in [5.41, 5.74) is 1.85. The van der Waals surface area contributed by atoms with Crippen LogP contribution >= 0.6 is 11.6 Å². The van der Waals surface area contributed by atoms with Crippen LogP contribution in [0.2, 0.25) is 5.02 Å². The van der Waals surface area contributed by atoms with Crippen LogP contribution in [-0.2, 0) is 4.79 Å². The number of hydrogen-bond donors (Lipinski definition) is 1. The molecule has 4 heteroatoms. The van der Waals surface area contributed by atoms with E-state index in [-0.39, 0.29) is 0 Å². The van der Waals surface area contributed by atoms with E-state index in [1.165, 1.54) is 0 Å². The molecule has 3 nitrogen and oxygen atoms in total. The minimum absolute atomic E-state index is 0.551. The molecule has 0 amide bonds. The zero-order valence-corrected chi connectivity index (χ0v) is 9.75. The molecule has 0 aliphatic rings. The molecule has 0 aliphatic carbocycles. The predicted molar refractivity (Wildman–Crippen MR) is 61.7 cm³/mol. The number of carboxylic acids is 1. The van der Waals surface area contributed by atoms with Crippen molar-refractivity contribution in [1.29, 1.82) is 0 Å². The molecule has 0 saturated heterocycles. The number of likely N-dealkylation sites (N-methyl/N-ethyl adjacent to an activating group) is 1. The fraction of sp³-hybridized carbons (Fsp3) is 0.364. The van der Waals surface area contributed by atoms with Crippen LogP contribution in [0.4, 0.5) is 5.69 Å². The van der Waals surface area contributed by atoms with Crippen molar-refractivity contribution in [1.82, 2.24) is 0 Å². The minimum Gasteiger partial charge on any atom is -0.480 e. The lowest BCUT2D eigenvalue weighted by molar-refractivity contribution is -0.138. The van der Waals surface area contributed by atoms with Crippen LogP contribution in [0.1, 0.15) is 12.5 Å². The van der Waals surface area contributed by atoms with Gasteiger partial charge in [-0.05, 0) is 37.6 Å². The number of carbonyl (C=O) groups is 1. The molecule has 0 heterocycles. The Hall–Kier alpha value is -1.22. The summed E-state index contributed by atoms with van der Waals surface area (Å²) in [5, 5.41) is 9.55. The number of benzene rings is 1. The molecular weight excluding hydrogens is 214 g/mol. The largest absolute Gasteiger partial charge is 0.480 e. The summed E-state index contributed by atoms with van der Waals surface area (Å²) in [5.74, 6) is -0.841. The molecule has 0 aliphatic heterocycles. The van der Waals surface area contributed by atoms with Crippen molar-refractivity contribution in [3.05, 3.63) is 28.8 Å². The van der Waals surface area contributed by atoms with Crippen molar-refractivity contribution >= 4 is 23.3 Å². The summed E-state index contributed by atoms with van der Waals surface area (Å²) < 4.78 is 0. The molecule has 0 spiro atoms. The smallest absolute Gasteiger partial charge is 0.326 e. The van der Waals surface area contributed by atoms with E-state index in [4.69, 9.17) is 16.7 Å². The van der Waals surface area contributed by atoms with Crippen LogP contribution in [0.3, 0.4) is 0 Å². The fourth-order valence-corrected chi connectivity index (χ4v) is 1.62. The summed E-state index contributed by atoms with van der Waals surface area (Å²) in [6.45, 7) is 3.56. The second kappa shape index (κ2) is 4.53. The molecule has 1 atom stereocenters. The average Bonchev–Trinajstić information content (AvgIpc) is 2.15. The molecule has 1 N–H and O–H groups in total. The molecule has 0 unspecified atom stereocenters. The molecule has 0 aromatic heterocycles. The highest BCUT2D eigenvalue weighted by atomic mass is 35.5. The van der Waals surface area contributed by atoms with Gasteiger partial charge in [0.25, 0.3) is 0 Å². The van der Waals surface area contributed by atoms with E-state index >= 15 is 0 Å². The highest BCUT2D eigenvalue weighted by molar-refractivity contribution is 6.30. The third kappa shape index (κ3) is 2.63. The van der Waals surface area contributed by atoms with Gasteiger partial charge >= 0.3 is 5.97 Å². The predicted octanol–water partition coefficient (Wildman–Crippen LogP) is 2.56. The summed E-state index contributed by atoms with van der Waals surface area (Å²) in [6, 6.07) is 4.86. The van der Waals surface area contributed by atoms with Gasteiger partial charge in [0.1, 0.15) is 6.04 Å². The van der Waals surface area contributed by atoms with Crippen LogP contribution in [0.15, 0.2) is 18.2 Å². The molecule has 0 fully saturated rings. The quantitative estimate of drug-likeness (QED) is 0.863. The van der Waals surface area contributed by atoms with Crippen LogP contribution in [0.25, 0.3) is 0 Å². The number of rotatable bonds is 3. The zero-order valence-electron chi connectivity index (χ0n) is 8.99. The maximum Gasteiger partial charge on any atom is 0.326 e. The number of hydrogen-bond acceptors (Lipinski definition) is 2. The summed E-state index contributed by atoms with van der Waals surface area (Å²) in [7, 11) is 1.76. The fourth-order valence-electron chi connectivity index (χ4n) is 1.39. The topological polar surface area (TPSA) is 40.5 Å². The van der Waals surface area contributed by atoms with Gasteiger partial charge in [-0.2, -0.15) is 0 Å². The maximum absolute atomic E-state index is 10.8. The van der Waals surface area contributed by atoms with E-state index < -0.39 is 12.0 Å². The van der Waals surface area contributed by atoms with Crippen LogP contribution in [0.5, 0.6) is 0 Å². The lowest BCUT2D eigenvalue weighted by Gasteiger charge is -2.25. The first-order valence-electron chi connectivity index (χ1n) is 4.65. The monoisotopic (exact) mass is 227 g/mol. The van der Waals surface area contributed by atoms with Crippen molar-refractivity contribution in [2.75, 3.05) is 11.9 Å². The molecule has 0 radical (unpaired) electrons. The van der Waals surface area contributed by atoms with E-state index in [0.717, 1.165) is 11.3 Å². The van der Waals surface area contributed by atoms with Gasteiger partial charge in [0.2, 0.25) is 0 Å². The first-order chi connectivity index (χ1) is 6.93. The number of carboxylic acid groups (broad SMARTS) is 1. The molecule has 82 valence electrons. The van der Waals surface area contributed by atoms with Crippen molar-refractivity contribution < 1.29 is 9.90 Å². The van der Waals surface area contributed by atoms with Gasteiger partial charge in [0.05, 0.1) is 0 Å². The standard InChI is InChI=1S/C11H14ClNO2/c1-7-6-9(12)4-5-10(7)13(3)8(2)11(14)15/h4-6,8H,1-3H3,(H,14,15)/t8-/m0/s1. The van der Waals surface area contributed by atoms with Crippen LogP contribution < -0.4 is 4.90 Å². The van der Waals surface area contributed by atoms with Crippen LogP contribution in [-0.4, -0.2) is 24.2 Å². The van der Waals surface area contributed by atoms with Crippen molar-refractivity contribution in [3.63, 3.8) is 0 Å². The molecule has 1 rings (SSSR count). The number of aliphatic carboxylic acids is 1. The Labute approximate surface area is 94.3 Å². The summed E-state index contributed by atoms with van der Waals surface area (Å²) in [6.07, 6.45) is 0. The van der Waals surface area contributed by atoms with Crippen molar-refractivity contribution in [2.24, 2.45) is 0 Å². The summed E-state index contributed by atoms with van der Waals surface area (Å²) >= 11 is 5.83. The van der Waals surface area contributed by atoms with E-state index in [2.05, 4.69) is 0 Å². The maximum atomic E-state index is 10.8. The van der Waals surface area contributed by atoms with Crippen LogP contribution in [0, 0.1) is 6.92 Å². The van der Waals surface area contributed by atoms with Gasteiger partial charge in [-0.3, -0.25) is 0 Å².